The highest BCUT2D eigenvalue weighted by Crippen LogP contribution is 2.32. The van der Waals surface area contributed by atoms with Crippen molar-refractivity contribution in [3.8, 4) is 16.9 Å². The lowest BCUT2D eigenvalue weighted by Gasteiger charge is -2.11. The Labute approximate surface area is 156 Å². The van der Waals surface area contributed by atoms with Gasteiger partial charge in [-0.1, -0.05) is 22.9 Å². The number of rotatable bonds is 4. The molecule has 0 saturated carbocycles. The molecule has 0 aliphatic carbocycles. The first-order chi connectivity index (χ1) is 12.8. The van der Waals surface area contributed by atoms with Gasteiger partial charge in [0, 0.05) is 11.8 Å². The van der Waals surface area contributed by atoms with Crippen LogP contribution in [0.4, 0.5) is 13.2 Å². The van der Waals surface area contributed by atoms with Crippen LogP contribution >= 0.6 is 11.6 Å². The van der Waals surface area contributed by atoms with Crippen LogP contribution in [0.25, 0.3) is 16.9 Å². The van der Waals surface area contributed by atoms with Crippen molar-refractivity contribution in [2.75, 3.05) is 6.61 Å². The minimum atomic E-state index is -4.53. The van der Waals surface area contributed by atoms with Crippen LogP contribution in [0.5, 0.6) is 0 Å². The van der Waals surface area contributed by atoms with E-state index in [1.54, 1.807) is 13.0 Å². The molecule has 0 unspecified atom stereocenters. The predicted octanol–water partition coefficient (Wildman–Crippen LogP) is 4.18. The van der Waals surface area contributed by atoms with Crippen LogP contribution in [0, 0.1) is 0 Å². The first-order valence-electron chi connectivity index (χ1n) is 7.73. The number of carbonyl (C=O) groups excluding carboxylic acids is 1. The summed E-state index contributed by atoms with van der Waals surface area (Å²) in [6, 6.07) is 7.56. The third kappa shape index (κ3) is 3.92. The van der Waals surface area contributed by atoms with Crippen molar-refractivity contribution in [2.45, 2.75) is 13.1 Å². The van der Waals surface area contributed by atoms with Gasteiger partial charge in [-0.15, -0.1) is 5.10 Å². The zero-order chi connectivity index (χ0) is 19.6. The summed E-state index contributed by atoms with van der Waals surface area (Å²) in [5.74, 6) is -0.749. The Morgan fingerprint density at radius 1 is 1.26 bits per heavy atom. The fourth-order valence-electron chi connectivity index (χ4n) is 2.39. The molecule has 0 bridgehead atoms. The summed E-state index contributed by atoms with van der Waals surface area (Å²) in [6.45, 7) is 1.73. The second kappa shape index (κ2) is 7.36. The lowest BCUT2D eigenvalue weighted by molar-refractivity contribution is -0.137. The molecule has 2 aromatic heterocycles. The van der Waals surface area contributed by atoms with Gasteiger partial charge in [-0.25, -0.2) is 14.5 Å². The molecule has 0 fully saturated rings. The Morgan fingerprint density at radius 2 is 2.04 bits per heavy atom. The first-order valence-corrected chi connectivity index (χ1v) is 8.11. The van der Waals surface area contributed by atoms with Gasteiger partial charge in [0.15, 0.2) is 5.69 Å². The Balaban J connectivity index is 2.19. The van der Waals surface area contributed by atoms with E-state index in [1.807, 2.05) is 0 Å². The summed E-state index contributed by atoms with van der Waals surface area (Å²) in [4.78, 5) is 16.1. The van der Waals surface area contributed by atoms with Gasteiger partial charge in [-0.05, 0) is 37.3 Å². The smallest absolute Gasteiger partial charge is 0.416 e. The number of pyridine rings is 1. The van der Waals surface area contributed by atoms with Gasteiger partial charge >= 0.3 is 12.1 Å². The Hall–Kier alpha value is -2.94. The van der Waals surface area contributed by atoms with Crippen molar-refractivity contribution >= 4 is 17.6 Å². The molecule has 0 N–H and O–H groups in total. The molecule has 2 heterocycles. The van der Waals surface area contributed by atoms with Gasteiger partial charge in [-0.3, -0.25) is 0 Å². The molecule has 0 radical (unpaired) electrons. The normalized spacial score (nSPS) is 11.4. The number of esters is 1. The zero-order valence-corrected chi connectivity index (χ0v) is 14.6. The lowest BCUT2D eigenvalue weighted by atomic mass is 10.1. The van der Waals surface area contributed by atoms with Crippen LogP contribution in [0.15, 0.2) is 42.6 Å². The Morgan fingerprint density at radius 3 is 2.67 bits per heavy atom. The monoisotopic (exact) mass is 396 g/mol. The number of alkyl halides is 3. The minimum absolute atomic E-state index is 0.0813. The first kappa shape index (κ1) is 18.8. The van der Waals surface area contributed by atoms with E-state index < -0.39 is 17.7 Å². The predicted molar refractivity (Wildman–Crippen MR) is 90.6 cm³/mol. The highest BCUT2D eigenvalue weighted by atomic mass is 35.5. The van der Waals surface area contributed by atoms with E-state index in [0.29, 0.717) is 5.56 Å². The lowest BCUT2D eigenvalue weighted by Crippen LogP contribution is -2.09. The molecule has 1 aromatic carbocycles. The van der Waals surface area contributed by atoms with Gasteiger partial charge in [0.25, 0.3) is 0 Å². The van der Waals surface area contributed by atoms with E-state index in [4.69, 9.17) is 16.3 Å². The van der Waals surface area contributed by atoms with Crippen molar-refractivity contribution in [3.05, 3.63) is 59.0 Å². The Bertz CT molecular complexity index is 971. The van der Waals surface area contributed by atoms with Crippen molar-refractivity contribution in [1.82, 2.24) is 20.0 Å². The van der Waals surface area contributed by atoms with Crippen LogP contribution in [-0.4, -0.2) is 32.6 Å². The molecule has 0 saturated heterocycles. The molecule has 27 heavy (non-hydrogen) atoms. The molecule has 0 aliphatic rings. The summed E-state index contributed by atoms with van der Waals surface area (Å²) in [5.41, 5.74) is -0.369. The number of hydrogen-bond acceptors (Lipinski definition) is 5. The number of benzene rings is 1. The zero-order valence-electron chi connectivity index (χ0n) is 13.9. The van der Waals surface area contributed by atoms with Gasteiger partial charge in [-0.2, -0.15) is 13.2 Å². The summed E-state index contributed by atoms with van der Waals surface area (Å²) in [6.07, 6.45) is -3.16. The van der Waals surface area contributed by atoms with Crippen molar-refractivity contribution in [2.24, 2.45) is 0 Å². The van der Waals surface area contributed by atoms with Gasteiger partial charge < -0.3 is 4.74 Å². The highest BCUT2D eigenvalue weighted by molar-refractivity contribution is 6.29. The molecule has 0 atom stereocenters. The van der Waals surface area contributed by atoms with Gasteiger partial charge in [0.2, 0.25) is 0 Å². The van der Waals surface area contributed by atoms with Gasteiger partial charge in [0.05, 0.1) is 17.9 Å². The number of halogens is 4. The molecule has 0 amide bonds. The summed E-state index contributed by atoms with van der Waals surface area (Å²) in [7, 11) is 0. The number of hydrogen-bond donors (Lipinski definition) is 0. The summed E-state index contributed by atoms with van der Waals surface area (Å²) < 4.78 is 45.2. The molecule has 6 nitrogen and oxygen atoms in total. The van der Waals surface area contributed by atoms with Crippen molar-refractivity contribution in [3.63, 3.8) is 0 Å². The van der Waals surface area contributed by atoms with Crippen LogP contribution in [0.1, 0.15) is 23.0 Å². The fraction of sp³-hybridized carbons (Fsp3) is 0.176. The average Bonchev–Trinajstić information content (AvgIpc) is 3.07. The third-order valence-electron chi connectivity index (χ3n) is 3.56. The summed E-state index contributed by atoms with van der Waals surface area (Å²) in [5, 5.41) is 7.86. The van der Waals surface area contributed by atoms with E-state index >= 15 is 0 Å². The van der Waals surface area contributed by atoms with Crippen molar-refractivity contribution < 1.29 is 22.7 Å². The second-order valence-electron chi connectivity index (χ2n) is 5.34. The van der Waals surface area contributed by atoms with E-state index in [-0.39, 0.29) is 28.8 Å². The van der Waals surface area contributed by atoms with Crippen LogP contribution in [0.3, 0.4) is 0 Å². The number of aromatic nitrogens is 4. The molecule has 0 spiro atoms. The third-order valence-corrected chi connectivity index (χ3v) is 3.78. The quantitative estimate of drug-likeness (QED) is 0.489. The summed E-state index contributed by atoms with van der Waals surface area (Å²) >= 11 is 5.79. The molecular weight excluding hydrogens is 385 g/mol. The van der Waals surface area contributed by atoms with E-state index in [0.717, 1.165) is 16.8 Å². The fourth-order valence-corrected chi connectivity index (χ4v) is 2.50. The van der Waals surface area contributed by atoms with E-state index in [9.17, 15) is 18.0 Å². The number of carbonyl (C=O) groups is 1. The minimum Gasteiger partial charge on any atom is -0.461 e. The second-order valence-corrected chi connectivity index (χ2v) is 5.72. The largest absolute Gasteiger partial charge is 0.461 e. The van der Waals surface area contributed by atoms with Crippen LogP contribution < -0.4 is 0 Å². The maximum atomic E-state index is 13.0. The van der Waals surface area contributed by atoms with E-state index in [2.05, 4.69) is 15.3 Å². The number of ether oxygens (including phenoxy) is 1. The maximum absolute atomic E-state index is 13.0. The molecule has 3 aromatic rings. The van der Waals surface area contributed by atoms with Crippen LogP contribution in [-0.2, 0) is 10.9 Å². The highest BCUT2D eigenvalue weighted by Gasteiger charge is 2.31. The van der Waals surface area contributed by atoms with Crippen molar-refractivity contribution in [1.29, 1.82) is 0 Å². The average molecular weight is 397 g/mol. The van der Waals surface area contributed by atoms with Crippen LogP contribution in [0.2, 0.25) is 5.15 Å². The molecule has 10 heteroatoms. The standard InChI is InChI=1S/C17H12ClF3N4O2/c1-2-27-16(26)14-15(10-6-7-13(18)22-9-10)25(24-23-14)12-5-3-4-11(8-12)17(19,20)21/h3-9H,2H2,1H3. The molecule has 140 valence electrons. The molecular formula is C17H12ClF3N4O2. The maximum Gasteiger partial charge on any atom is 0.416 e. The molecule has 0 aliphatic heterocycles. The molecule has 3 rings (SSSR count). The van der Waals surface area contributed by atoms with Gasteiger partial charge in [0.1, 0.15) is 10.8 Å². The topological polar surface area (TPSA) is 69.9 Å². The Kier molecular flexibility index (Phi) is 5.13. The van der Waals surface area contributed by atoms with E-state index in [1.165, 1.54) is 24.4 Å². The SMILES string of the molecule is CCOC(=O)c1nnn(-c2cccc(C(F)(F)F)c2)c1-c1ccc(Cl)nc1. The number of nitrogens with zero attached hydrogens (tertiary/aromatic N) is 4.